The first kappa shape index (κ1) is 11.7. The number of nitrogens with two attached hydrogens (primary N) is 1. The number of aliphatic carboxylic acids is 1. The van der Waals surface area contributed by atoms with Crippen LogP contribution in [0.15, 0.2) is 18.2 Å². The highest BCUT2D eigenvalue weighted by atomic mass is 16.4. The topological polar surface area (TPSA) is 118 Å². The minimum atomic E-state index is -1.67. The maximum absolute atomic E-state index is 11.5. The van der Waals surface area contributed by atoms with E-state index in [1.54, 1.807) is 0 Å². The van der Waals surface area contributed by atoms with Crippen LogP contribution in [-0.4, -0.2) is 27.7 Å². The Bertz CT molecular complexity index is 466. The summed E-state index contributed by atoms with van der Waals surface area (Å²) in [5, 5.41) is 17.4. The standard InChI is InChI=1S/C10H9NO5/c11-7-2-1-5(12)3-6(7)8(13)4-9(14)10(15)16/h1-3,12H,4,11H2,(H,15,16). The predicted molar refractivity (Wildman–Crippen MR) is 54.1 cm³/mol. The summed E-state index contributed by atoms with van der Waals surface area (Å²) in [5.74, 6) is -3.80. The molecular formula is C10H9NO5. The van der Waals surface area contributed by atoms with Crippen LogP contribution in [-0.2, 0) is 9.59 Å². The molecule has 0 aliphatic heterocycles. The number of carboxylic acids is 1. The molecule has 0 atom stereocenters. The van der Waals surface area contributed by atoms with Gasteiger partial charge in [-0.05, 0) is 18.2 Å². The van der Waals surface area contributed by atoms with Crippen molar-refractivity contribution in [2.24, 2.45) is 0 Å². The Kier molecular flexibility index (Phi) is 3.24. The number of Topliss-reactive ketones (excluding diaryl/α,β-unsaturated/α-hetero) is 2. The van der Waals surface area contributed by atoms with Crippen molar-refractivity contribution in [2.75, 3.05) is 5.73 Å². The van der Waals surface area contributed by atoms with Gasteiger partial charge in [0.05, 0.1) is 6.42 Å². The van der Waals surface area contributed by atoms with Crippen LogP contribution in [0.1, 0.15) is 16.8 Å². The molecule has 0 radical (unpaired) electrons. The molecule has 0 aliphatic carbocycles. The molecule has 1 aromatic rings. The first-order valence-electron chi connectivity index (χ1n) is 4.29. The molecule has 0 aromatic heterocycles. The van der Waals surface area contributed by atoms with Crippen LogP contribution in [0.25, 0.3) is 0 Å². The van der Waals surface area contributed by atoms with Gasteiger partial charge in [0.2, 0.25) is 5.78 Å². The fourth-order valence-electron chi connectivity index (χ4n) is 1.10. The average Bonchev–Trinajstić information content (AvgIpc) is 2.21. The molecule has 6 heteroatoms. The van der Waals surface area contributed by atoms with Crippen molar-refractivity contribution in [3.63, 3.8) is 0 Å². The van der Waals surface area contributed by atoms with Crippen LogP contribution in [0.2, 0.25) is 0 Å². The Balaban J connectivity index is 2.93. The van der Waals surface area contributed by atoms with Gasteiger partial charge in [-0.2, -0.15) is 0 Å². The van der Waals surface area contributed by atoms with Crippen molar-refractivity contribution in [3.8, 4) is 5.75 Å². The summed E-state index contributed by atoms with van der Waals surface area (Å²) in [7, 11) is 0. The molecule has 0 saturated carbocycles. The van der Waals surface area contributed by atoms with Gasteiger partial charge in [0, 0.05) is 11.3 Å². The minimum Gasteiger partial charge on any atom is -0.508 e. The Hall–Kier alpha value is -2.37. The monoisotopic (exact) mass is 223 g/mol. The molecule has 0 aliphatic rings. The summed E-state index contributed by atoms with van der Waals surface area (Å²) in [4.78, 5) is 32.5. The normalized spacial score (nSPS) is 9.75. The highest BCUT2D eigenvalue weighted by molar-refractivity contribution is 6.37. The number of nitrogen functional groups attached to an aromatic ring is 1. The van der Waals surface area contributed by atoms with Gasteiger partial charge in [-0.25, -0.2) is 4.79 Å². The van der Waals surface area contributed by atoms with E-state index in [9.17, 15) is 14.4 Å². The number of carbonyl (C=O) groups excluding carboxylic acids is 2. The van der Waals surface area contributed by atoms with E-state index in [2.05, 4.69) is 0 Å². The molecule has 4 N–H and O–H groups in total. The molecule has 84 valence electrons. The molecule has 0 heterocycles. The Morgan fingerprint density at radius 2 is 1.88 bits per heavy atom. The number of hydrogen-bond donors (Lipinski definition) is 3. The van der Waals surface area contributed by atoms with Gasteiger partial charge in [0.15, 0.2) is 5.78 Å². The minimum absolute atomic E-state index is 0.0606. The number of carboxylic acid groups (broad SMARTS) is 1. The SMILES string of the molecule is Nc1ccc(O)cc1C(=O)CC(=O)C(=O)O. The number of rotatable bonds is 4. The first-order chi connectivity index (χ1) is 7.41. The van der Waals surface area contributed by atoms with Gasteiger partial charge in [-0.1, -0.05) is 0 Å². The lowest BCUT2D eigenvalue weighted by molar-refractivity contribution is -0.148. The third kappa shape index (κ3) is 2.57. The molecule has 0 spiro atoms. The highest BCUT2D eigenvalue weighted by Crippen LogP contribution is 2.19. The second-order valence-corrected chi connectivity index (χ2v) is 3.10. The van der Waals surface area contributed by atoms with E-state index < -0.39 is 24.0 Å². The largest absolute Gasteiger partial charge is 0.508 e. The number of hydrogen-bond acceptors (Lipinski definition) is 5. The molecule has 0 fully saturated rings. The molecule has 0 unspecified atom stereocenters. The van der Waals surface area contributed by atoms with Crippen LogP contribution >= 0.6 is 0 Å². The smallest absolute Gasteiger partial charge is 0.372 e. The quantitative estimate of drug-likeness (QED) is 0.220. The van der Waals surface area contributed by atoms with E-state index >= 15 is 0 Å². The van der Waals surface area contributed by atoms with Crippen molar-refractivity contribution >= 4 is 23.2 Å². The molecule has 0 bridgehead atoms. The molecule has 1 rings (SSSR count). The predicted octanol–water partition coefficient (Wildman–Crippen LogP) is 0.201. The van der Waals surface area contributed by atoms with Crippen LogP contribution in [0.4, 0.5) is 5.69 Å². The molecular weight excluding hydrogens is 214 g/mol. The summed E-state index contributed by atoms with van der Waals surface area (Å²) in [5.41, 5.74) is 5.48. The van der Waals surface area contributed by atoms with Crippen LogP contribution in [0, 0.1) is 0 Å². The van der Waals surface area contributed by atoms with Gasteiger partial charge in [-0.3, -0.25) is 9.59 Å². The molecule has 0 amide bonds. The highest BCUT2D eigenvalue weighted by Gasteiger charge is 2.19. The van der Waals surface area contributed by atoms with Crippen molar-refractivity contribution in [1.29, 1.82) is 0 Å². The maximum Gasteiger partial charge on any atom is 0.372 e. The summed E-state index contributed by atoms with van der Waals surface area (Å²) >= 11 is 0. The van der Waals surface area contributed by atoms with Crippen molar-refractivity contribution in [3.05, 3.63) is 23.8 Å². The van der Waals surface area contributed by atoms with Gasteiger partial charge in [0.1, 0.15) is 5.75 Å². The van der Waals surface area contributed by atoms with E-state index in [1.165, 1.54) is 12.1 Å². The molecule has 1 aromatic carbocycles. The summed E-state index contributed by atoms with van der Waals surface area (Å²) < 4.78 is 0. The van der Waals surface area contributed by atoms with Crippen molar-refractivity contribution in [2.45, 2.75) is 6.42 Å². The van der Waals surface area contributed by atoms with E-state index in [-0.39, 0.29) is 17.0 Å². The number of ketones is 2. The Morgan fingerprint density at radius 1 is 1.25 bits per heavy atom. The maximum atomic E-state index is 11.5. The fraction of sp³-hybridized carbons (Fsp3) is 0.100. The summed E-state index contributed by atoms with van der Waals surface area (Å²) in [6, 6.07) is 3.67. The molecule has 0 saturated heterocycles. The average molecular weight is 223 g/mol. The zero-order valence-corrected chi connectivity index (χ0v) is 8.14. The van der Waals surface area contributed by atoms with Crippen molar-refractivity contribution in [1.82, 2.24) is 0 Å². The fourth-order valence-corrected chi connectivity index (χ4v) is 1.10. The lowest BCUT2D eigenvalue weighted by atomic mass is 10.0. The summed E-state index contributed by atoms with van der Waals surface area (Å²) in [6.07, 6.45) is -0.775. The number of benzene rings is 1. The van der Waals surface area contributed by atoms with Crippen LogP contribution in [0.5, 0.6) is 5.75 Å². The Labute approximate surface area is 90.3 Å². The second-order valence-electron chi connectivity index (χ2n) is 3.10. The molecule has 16 heavy (non-hydrogen) atoms. The number of carbonyl (C=O) groups is 3. The first-order valence-corrected chi connectivity index (χ1v) is 4.29. The molecule has 6 nitrogen and oxygen atoms in total. The van der Waals surface area contributed by atoms with Gasteiger partial charge in [0.25, 0.3) is 0 Å². The van der Waals surface area contributed by atoms with E-state index in [0.717, 1.165) is 6.07 Å². The third-order valence-corrected chi connectivity index (χ3v) is 1.90. The van der Waals surface area contributed by atoms with E-state index in [1.807, 2.05) is 0 Å². The van der Waals surface area contributed by atoms with Crippen LogP contribution in [0.3, 0.4) is 0 Å². The van der Waals surface area contributed by atoms with Gasteiger partial charge < -0.3 is 15.9 Å². The van der Waals surface area contributed by atoms with Crippen molar-refractivity contribution < 1.29 is 24.6 Å². The second kappa shape index (κ2) is 4.43. The third-order valence-electron chi connectivity index (χ3n) is 1.90. The lowest BCUT2D eigenvalue weighted by Crippen LogP contribution is -2.17. The lowest BCUT2D eigenvalue weighted by Gasteiger charge is -2.03. The number of aromatic hydroxyl groups is 1. The van der Waals surface area contributed by atoms with Gasteiger partial charge in [-0.15, -0.1) is 0 Å². The van der Waals surface area contributed by atoms with E-state index in [0.29, 0.717) is 0 Å². The van der Waals surface area contributed by atoms with Gasteiger partial charge >= 0.3 is 5.97 Å². The zero-order valence-electron chi connectivity index (χ0n) is 8.14. The number of phenolic OH excluding ortho intramolecular Hbond substituents is 1. The van der Waals surface area contributed by atoms with Crippen LogP contribution < -0.4 is 5.73 Å². The Morgan fingerprint density at radius 3 is 2.44 bits per heavy atom. The van der Waals surface area contributed by atoms with E-state index in [4.69, 9.17) is 15.9 Å². The summed E-state index contributed by atoms with van der Waals surface area (Å²) in [6.45, 7) is 0. The zero-order chi connectivity index (χ0) is 12.3. The number of phenols is 1. The number of anilines is 1.